The first-order chi connectivity index (χ1) is 9.22. The summed E-state index contributed by atoms with van der Waals surface area (Å²) in [6.07, 6.45) is 2.67. The molecule has 4 nitrogen and oxygen atoms in total. The van der Waals surface area contributed by atoms with Crippen LogP contribution in [0.2, 0.25) is 0 Å². The minimum atomic E-state index is -0.835. The van der Waals surface area contributed by atoms with Crippen molar-refractivity contribution in [2.75, 3.05) is 26.2 Å². The fraction of sp³-hybridized carbons (Fsp3) is 0.533. The first kappa shape index (κ1) is 12.6. The zero-order valence-electron chi connectivity index (χ0n) is 11.1. The summed E-state index contributed by atoms with van der Waals surface area (Å²) in [5.74, 6) is -0.835. The van der Waals surface area contributed by atoms with E-state index < -0.39 is 5.97 Å². The van der Waals surface area contributed by atoms with E-state index >= 15 is 0 Å². The van der Waals surface area contributed by atoms with Crippen LogP contribution in [0.25, 0.3) is 0 Å². The summed E-state index contributed by atoms with van der Waals surface area (Å²) in [6, 6.07) is 5.51. The Morgan fingerprint density at radius 2 is 1.74 bits per heavy atom. The van der Waals surface area contributed by atoms with Crippen LogP contribution < -0.4 is 0 Å². The number of carboxylic acid groups (broad SMARTS) is 1. The maximum atomic E-state index is 11.0. The highest BCUT2D eigenvalue weighted by molar-refractivity contribution is 5.87. The van der Waals surface area contributed by atoms with Crippen LogP contribution in [0.3, 0.4) is 0 Å². The quantitative estimate of drug-likeness (QED) is 0.896. The smallest absolute Gasteiger partial charge is 0.335 e. The van der Waals surface area contributed by atoms with Crippen LogP contribution in [0.4, 0.5) is 0 Å². The maximum absolute atomic E-state index is 11.0. The Morgan fingerprint density at radius 1 is 1.05 bits per heavy atom. The van der Waals surface area contributed by atoms with Crippen molar-refractivity contribution < 1.29 is 9.90 Å². The molecule has 1 N–H and O–H groups in total. The lowest BCUT2D eigenvalue weighted by Gasteiger charge is -2.20. The number of nitrogens with zero attached hydrogens (tertiary/aromatic N) is 2. The third kappa shape index (κ3) is 2.80. The standard InChI is InChI=1S/C15H20N2O2/c18-15(19)12-3-4-13-10-17(11-14(13)9-12)8-7-16-5-1-2-6-16/h3-4,9H,1-2,5-8,10-11H2,(H,18,19). The van der Waals surface area contributed by atoms with Gasteiger partial charge in [-0.2, -0.15) is 0 Å². The number of likely N-dealkylation sites (tertiary alicyclic amines) is 1. The van der Waals surface area contributed by atoms with Crippen LogP contribution >= 0.6 is 0 Å². The van der Waals surface area contributed by atoms with Gasteiger partial charge in [0.15, 0.2) is 0 Å². The third-order valence-electron chi connectivity index (χ3n) is 4.17. The van der Waals surface area contributed by atoms with E-state index in [-0.39, 0.29) is 0 Å². The molecule has 0 unspecified atom stereocenters. The third-order valence-corrected chi connectivity index (χ3v) is 4.17. The van der Waals surface area contributed by atoms with Gasteiger partial charge in [0, 0.05) is 26.2 Å². The maximum Gasteiger partial charge on any atom is 0.335 e. The van der Waals surface area contributed by atoms with Crippen LogP contribution in [0.15, 0.2) is 18.2 Å². The Kier molecular flexibility index (Phi) is 3.53. The van der Waals surface area contributed by atoms with E-state index in [4.69, 9.17) is 5.11 Å². The number of fused-ring (bicyclic) bond motifs is 1. The summed E-state index contributed by atoms with van der Waals surface area (Å²) in [7, 11) is 0. The lowest BCUT2D eigenvalue weighted by molar-refractivity contribution is 0.0696. The second kappa shape index (κ2) is 5.31. The highest BCUT2D eigenvalue weighted by Gasteiger charge is 2.21. The van der Waals surface area contributed by atoms with E-state index in [2.05, 4.69) is 9.80 Å². The van der Waals surface area contributed by atoms with Crippen molar-refractivity contribution in [1.82, 2.24) is 9.80 Å². The van der Waals surface area contributed by atoms with Crippen LogP contribution in [-0.2, 0) is 13.1 Å². The van der Waals surface area contributed by atoms with Crippen LogP contribution in [0, 0.1) is 0 Å². The lowest BCUT2D eigenvalue weighted by Crippen LogP contribution is -2.30. The van der Waals surface area contributed by atoms with Gasteiger partial charge in [-0.25, -0.2) is 4.79 Å². The van der Waals surface area contributed by atoms with Gasteiger partial charge in [0.05, 0.1) is 5.56 Å². The van der Waals surface area contributed by atoms with Gasteiger partial charge in [-0.05, 0) is 49.2 Å². The average Bonchev–Trinajstić information content (AvgIpc) is 3.04. The van der Waals surface area contributed by atoms with Gasteiger partial charge in [-0.1, -0.05) is 6.07 Å². The molecule has 0 amide bonds. The molecule has 1 aromatic carbocycles. The fourth-order valence-corrected chi connectivity index (χ4v) is 3.05. The highest BCUT2D eigenvalue weighted by Crippen LogP contribution is 2.23. The molecule has 2 aliphatic heterocycles. The van der Waals surface area contributed by atoms with E-state index in [9.17, 15) is 4.79 Å². The molecule has 0 saturated carbocycles. The summed E-state index contributed by atoms with van der Waals surface area (Å²) in [5, 5.41) is 9.01. The average molecular weight is 260 g/mol. The number of rotatable bonds is 4. The van der Waals surface area contributed by atoms with Crippen molar-refractivity contribution >= 4 is 5.97 Å². The predicted octanol–water partition coefficient (Wildman–Crippen LogP) is 1.80. The van der Waals surface area contributed by atoms with Crippen molar-refractivity contribution in [2.24, 2.45) is 0 Å². The largest absolute Gasteiger partial charge is 0.478 e. The van der Waals surface area contributed by atoms with Crippen molar-refractivity contribution in [3.8, 4) is 0 Å². The minimum absolute atomic E-state index is 0.403. The van der Waals surface area contributed by atoms with Gasteiger partial charge in [0.1, 0.15) is 0 Å². The van der Waals surface area contributed by atoms with Crippen molar-refractivity contribution in [3.05, 3.63) is 34.9 Å². The van der Waals surface area contributed by atoms with Gasteiger partial charge in [0.2, 0.25) is 0 Å². The van der Waals surface area contributed by atoms with E-state index in [1.165, 1.54) is 37.1 Å². The summed E-state index contributed by atoms with van der Waals surface area (Å²) in [4.78, 5) is 15.9. The summed E-state index contributed by atoms with van der Waals surface area (Å²) in [5.41, 5.74) is 2.87. The Hall–Kier alpha value is -1.39. The first-order valence-electron chi connectivity index (χ1n) is 7.02. The van der Waals surface area contributed by atoms with Crippen molar-refractivity contribution in [3.63, 3.8) is 0 Å². The highest BCUT2D eigenvalue weighted by atomic mass is 16.4. The molecule has 102 valence electrons. The number of hydrogen-bond donors (Lipinski definition) is 1. The number of hydrogen-bond acceptors (Lipinski definition) is 3. The second-order valence-corrected chi connectivity index (χ2v) is 5.55. The molecule has 0 spiro atoms. The molecule has 0 radical (unpaired) electrons. The predicted molar refractivity (Wildman–Crippen MR) is 73.2 cm³/mol. The fourth-order valence-electron chi connectivity index (χ4n) is 3.05. The van der Waals surface area contributed by atoms with Gasteiger partial charge in [0.25, 0.3) is 0 Å². The lowest BCUT2D eigenvalue weighted by atomic mass is 10.1. The monoisotopic (exact) mass is 260 g/mol. The van der Waals surface area contributed by atoms with Crippen LogP contribution in [0.1, 0.15) is 34.3 Å². The van der Waals surface area contributed by atoms with E-state index in [1.54, 1.807) is 6.07 Å². The number of benzene rings is 1. The molecular formula is C15H20N2O2. The summed E-state index contributed by atoms with van der Waals surface area (Å²) >= 11 is 0. The Balaban J connectivity index is 1.58. The van der Waals surface area contributed by atoms with E-state index in [1.807, 2.05) is 12.1 Å². The SMILES string of the molecule is O=C(O)c1ccc2c(c1)CN(CCN1CCCC1)C2. The van der Waals surface area contributed by atoms with E-state index in [0.29, 0.717) is 5.56 Å². The molecule has 0 atom stereocenters. The van der Waals surface area contributed by atoms with Crippen LogP contribution in [0.5, 0.6) is 0 Å². The van der Waals surface area contributed by atoms with Crippen molar-refractivity contribution in [2.45, 2.75) is 25.9 Å². The number of carboxylic acids is 1. The summed E-state index contributed by atoms with van der Waals surface area (Å²) < 4.78 is 0. The molecule has 0 bridgehead atoms. The zero-order valence-corrected chi connectivity index (χ0v) is 11.1. The van der Waals surface area contributed by atoms with Crippen LogP contribution in [-0.4, -0.2) is 47.1 Å². The van der Waals surface area contributed by atoms with Gasteiger partial charge >= 0.3 is 5.97 Å². The Labute approximate surface area is 113 Å². The number of aromatic carboxylic acids is 1. The first-order valence-corrected chi connectivity index (χ1v) is 7.02. The van der Waals surface area contributed by atoms with E-state index in [0.717, 1.165) is 26.2 Å². The van der Waals surface area contributed by atoms with Gasteiger partial charge in [-0.15, -0.1) is 0 Å². The molecule has 2 aliphatic rings. The topological polar surface area (TPSA) is 43.8 Å². The molecule has 2 heterocycles. The second-order valence-electron chi connectivity index (χ2n) is 5.55. The molecule has 1 fully saturated rings. The normalized spacial score (nSPS) is 19.8. The molecular weight excluding hydrogens is 240 g/mol. The minimum Gasteiger partial charge on any atom is -0.478 e. The van der Waals surface area contributed by atoms with Gasteiger partial charge < -0.3 is 10.0 Å². The molecule has 1 aromatic rings. The Bertz CT molecular complexity index is 481. The molecule has 4 heteroatoms. The molecule has 0 aliphatic carbocycles. The summed E-state index contributed by atoms with van der Waals surface area (Å²) in [6.45, 7) is 6.55. The van der Waals surface area contributed by atoms with Crippen molar-refractivity contribution in [1.29, 1.82) is 0 Å². The molecule has 19 heavy (non-hydrogen) atoms. The molecule has 1 saturated heterocycles. The molecule has 0 aromatic heterocycles. The zero-order chi connectivity index (χ0) is 13.2. The Morgan fingerprint density at radius 3 is 2.47 bits per heavy atom. The number of carbonyl (C=O) groups is 1. The van der Waals surface area contributed by atoms with Gasteiger partial charge in [-0.3, -0.25) is 4.90 Å². The molecule has 3 rings (SSSR count).